The second-order valence-electron chi connectivity index (χ2n) is 3.86. The van der Waals surface area contributed by atoms with Gasteiger partial charge in [0.25, 0.3) is 11.6 Å². The molecule has 0 spiro atoms. The van der Waals surface area contributed by atoms with Crippen LogP contribution in [0.1, 0.15) is 17.3 Å². The summed E-state index contributed by atoms with van der Waals surface area (Å²) in [5.41, 5.74) is -0.743. The Kier molecular flexibility index (Phi) is 4.93. The molecule has 0 atom stereocenters. The van der Waals surface area contributed by atoms with Crippen molar-refractivity contribution in [1.82, 2.24) is 4.90 Å². The number of carbonyl (C=O) groups excluding carboxylic acids is 1. The first-order valence-electron chi connectivity index (χ1n) is 5.45. The van der Waals surface area contributed by atoms with Crippen molar-refractivity contribution in [3.63, 3.8) is 0 Å². The molecule has 1 aromatic carbocycles. The Morgan fingerprint density at radius 2 is 2.05 bits per heavy atom. The molecule has 0 aliphatic carbocycles. The summed E-state index contributed by atoms with van der Waals surface area (Å²) < 4.78 is 37.0. The predicted molar refractivity (Wildman–Crippen MR) is 65.7 cm³/mol. The number of hydrogen-bond donors (Lipinski definition) is 0. The molecule has 5 nitrogen and oxygen atoms in total. The number of rotatable bonds is 4. The largest absolute Gasteiger partial charge is 0.406 e. The van der Waals surface area contributed by atoms with Crippen LogP contribution in [0.3, 0.4) is 0 Å². The van der Waals surface area contributed by atoms with E-state index < -0.39 is 29.2 Å². The molecule has 0 heterocycles. The van der Waals surface area contributed by atoms with E-state index in [-0.39, 0.29) is 17.1 Å². The van der Waals surface area contributed by atoms with Crippen LogP contribution in [0.15, 0.2) is 18.2 Å². The number of nitro groups is 1. The van der Waals surface area contributed by atoms with E-state index in [2.05, 4.69) is 0 Å². The highest BCUT2D eigenvalue weighted by Crippen LogP contribution is 2.26. The van der Waals surface area contributed by atoms with Gasteiger partial charge >= 0.3 is 6.18 Å². The Balaban J connectivity index is 3.07. The number of alkyl halides is 3. The third kappa shape index (κ3) is 4.09. The Morgan fingerprint density at radius 1 is 1.45 bits per heavy atom. The molecule has 1 amide bonds. The van der Waals surface area contributed by atoms with Crippen molar-refractivity contribution < 1.29 is 22.9 Å². The number of benzene rings is 1. The predicted octanol–water partition coefficient (Wildman–Crippen LogP) is 3.27. The Morgan fingerprint density at radius 3 is 2.50 bits per heavy atom. The van der Waals surface area contributed by atoms with E-state index in [1.165, 1.54) is 6.92 Å². The minimum Gasteiger partial charge on any atom is -0.330 e. The second kappa shape index (κ2) is 6.08. The summed E-state index contributed by atoms with van der Waals surface area (Å²) in [7, 11) is 0. The molecule has 0 bridgehead atoms. The smallest absolute Gasteiger partial charge is 0.330 e. The van der Waals surface area contributed by atoms with Gasteiger partial charge in [-0.25, -0.2) is 0 Å². The minimum absolute atomic E-state index is 0.172. The third-order valence-electron chi connectivity index (χ3n) is 2.43. The quantitative estimate of drug-likeness (QED) is 0.633. The molecule has 0 saturated carbocycles. The molecule has 0 unspecified atom stereocenters. The van der Waals surface area contributed by atoms with Crippen molar-refractivity contribution in [2.45, 2.75) is 13.1 Å². The van der Waals surface area contributed by atoms with Crippen molar-refractivity contribution in [3.05, 3.63) is 38.9 Å². The van der Waals surface area contributed by atoms with Gasteiger partial charge in [0.2, 0.25) is 0 Å². The maximum atomic E-state index is 12.3. The van der Waals surface area contributed by atoms with Crippen LogP contribution in [0, 0.1) is 10.1 Å². The van der Waals surface area contributed by atoms with E-state index in [1.807, 2.05) is 0 Å². The van der Waals surface area contributed by atoms with Gasteiger partial charge in [0.05, 0.1) is 4.92 Å². The van der Waals surface area contributed by atoms with Gasteiger partial charge in [-0.05, 0) is 19.1 Å². The van der Waals surface area contributed by atoms with E-state index in [9.17, 15) is 28.1 Å². The van der Waals surface area contributed by atoms with E-state index in [0.717, 1.165) is 18.2 Å². The number of amides is 1. The van der Waals surface area contributed by atoms with Crippen molar-refractivity contribution in [2.75, 3.05) is 13.1 Å². The molecule has 0 aromatic heterocycles. The maximum Gasteiger partial charge on any atom is 0.406 e. The van der Waals surface area contributed by atoms with Crippen LogP contribution in [-0.4, -0.2) is 35.0 Å². The monoisotopic (exact) mass is 310 g/mol. The highest BCUT2D eigenvalue weighted by Gasteiger charge is 2.33. The average Bonchev–Trinajstić information content (AvgIpc) is 2.34. The fourth-order valence-corrected chi connectivity index (χ4v) is 1.70. The normalized spacial score (nSPS) is 11.2. The third-order valence-corrected chi connectivity index (χ3v) is 2.75. The zero-order valence-corrected chi connectivity index (χ0v) is 11.0. The zero-order chi connectivity index (χ0) is 15.5. The van der Waals surface area contributed by atoms with E-state index >= 15 is 0 Å². The van der Waals surface area contributed by atoms with E-state index in [1.54, 1.807) is 0 Å². The van der Waals surface area contributed by atoms with Gasteiger partial charge in [0.15, 0.2) is 0 Å². The van der Waals surface area contributed by atoms with Gasteiger partial charge < -0.3 is 4.90 Å². The summed E-state index contributed by atoms with van der Waals surface area (Å²) in [4.78, 5) is 22.3. The number of hydrogen-bond acceptors (Lipinski definition) is 3. The molecule has 0 N–H and O–H groups in total. The van der Waals surface area contributed by atoms with E-state index in [4.69, 9.17) is 11.6 Å². The molecule has 9 heteroatoms. The minimum atomic E-state index is -4.54. The van der Waals surface area contributed by atoms with Crippen LogP contribution in [-0.2, 0) is 0 Å². The highest BCUT2D eigenvalue weighted by molar-refractivity contribution is 6.32. The molecule has 20 heavy (non-hydrogen) atoms. The van der Waals surface area contributed by atoms with Gasteiger partial charge in [-0.2, -0.15) is 13.2 Å². The van der Waals surface area contributed by atoms with Gasteiger partial charge in [-0.1, -0.05) is 11.6 Å². The molecule has 0 aliphatic heterocycles. The maximum absolute atomic E-state index is 12.3. The first-order chi connectivity index (χ1) is 9.15. The topological polar surface area (TPSA) is 63.5 Å². The number of carbonyl (C=O) groups is 1. The van der Waals surface area contributed by atoms with Gasteiger partial charge in [-0.3, -0.25) is 14.9 Å². The van der Waals surface area contributed by atoms with Crippen LogP contribution in [0.5, 0.6) is 0 Å². The molecule has 110 valence electrons. The Labute approximate surface area is 117 Å². The number of halogens is 4. The summed E-state index contributed by atoms with van der Waals surface area (Å²) >= 11 is 5.57. The highest BCUT2D eigenvalue weighted by atomic mass is 35.5. The molecule has 1 aromatic rings. The van der Waals surface area contributed by atoms with Crippen molar-refractivity contribution >= 4 is 23.2 Å². The lowest BCUT2D eigenvalue weighted by Crippen LogP contribution is -2.38. The lowest BCUT2D eigenvalue weighted by Gasteiger charge is -2.22. The van der Waals surface area contributed by atoms with Crippen LogP contribution in [0.2, 0.25) is 5.02 Å². The van der Waals surface area contributed by atoms with Crippen LogP contribution < -0.4 is 0 Å². The molecule has 1 rings (SSSR count). The fourth-order valence-electron chi connectivity index (χ4n) is 1.51. The van der Waals surface area contributed by atoms with Gasteiger partial charge in [-0.15, -0.1) is 0 Å². The fraction of sp³-hybridized carbons (Fsp3) is 0.364. The van der Waals surface area contributed by atoms with Gasteiger partial charge in [0, 0.05) is 18.2 Å². The number of nitro benzene ring substituents is 1. The molecular formula is C11H10ClF3N2O3. The molecule has 0 aliphatic rings. The first kappa shape index (κ1) is 16.2. The van der Waals surface area contributed by atoms with Crippen LogP contribution in [0.25, 0.3) is 0 Å². The lowest BCUT2D eigenvalue weighted by atomic mass is 10.1. The molecule has 0 saturated heterocycles. The number of nitrogens with zero attached hydrogens (tertiary/aromatic N) is 2. The molecule has 0 radical (unpaired) electrons. The summed E-state index contributed by atoms with van der Waals surface area (Å²) in [5, 5.41) is 10.5. The Hall–Kier alpha value is -1.83. The van der Waals surface area contributed by atoms with Crippen molar-refractivity contribution in [3.8, 4) is 0 Å². The van der Waals surface area contributed by atoms with Crippen LogP contribution in [0.4, 0.5) is 18.9 Å². The van der Waals surface area contributed by atoms with Gasteiger partial charge in [0.1, 0.15) is 11.6 Å². The van der Waals surface area contributed by atoms with E-state index in [0.29, 0.717) is 4.90 Å². The second-order valence-corrected chi connectivity index (χ2v) is 4.27. The SMILES string of the molecule is CCN(CC(F)(F)F)C(=O)c1ccc(Cl)c([N+](=O)[O-])c1. The summed E-state index contributed by atoms with van der Waals surface area (Å²) in [6.45, 7) is -0.207. The molecule has 0 fully saturated rings. The zero-order valence-electron chi connectivity index (χ0n) is 10.3. The van der Waals surface area contributed by atoms with Crippen molar-refractivity contribution in [1.29, 1.82) is 0 Å². The first-order valence-corrected chi connectivity index (χ1v) is 5.83. The standard InChI is InChI=1S/C11H10ClF3N2O3/c1-2-16(6-11(13,14)15)10(18)7-3-4-8(12)9(5-7)17(19)20/h3-5H,2,6H2,1H3. The average molecular weight is 311 g/mol. The molecular weight excluding hydrogens is 301 g/mol. The van der Waals surface area contributed by atoms with Crippen molar-refractivity contribution in [2.24, 2.45) is 0 Å². The summed E-state index contributed by atoms with van der Waals surface area (Å²) in [6, 6.07) is 3.12. The van der Waals surface area contributed by atoms with Crippen LogP contribution >= 0.6 is 11.6 Å². The summed E-state index contributed by atoms with van der Waals surface area (Å²) in [5.74, 6) is -0.940. The Bertz CT molecular complexity index is 534. The lowest BCUT2D eigenvalue weighted by molar-refractivity contribution is -0.384. The summed E-state index contributed by atoms with van der Waals surface area (Å²) in [6.07, 6.45) is -4.54.